The maximum absolute atomic E-state index is 12.5. The minimum absolute atomic E-state index is 0.0241. The molecule has 1 rings (SSSR count). The van der Waals surface area contributed by atoms with Gasteiger partial charge in [0.05, 0.1) is 6.10 Å². The maximum Gasteiger partial charge on any atom is 0.243 e. The van der Waals surface area contributed by atoms with Crippen molar-refractivity contribution in [2.24, 2.45) is 11.3 Å². The van der Waals surface area contributed by atoms with E-state index in [1.54, 1.807) is 13.8 Å². The number of β-amino-alcohol motifs (C(OH)–C–C–N with tert-alkyl or cyclic N) is 1. The van der Waals surface area contributed by atoms with E-state index >= 15 is 0 Å². The summed E-state index contributed by atoms with van der Waals surface area (Å²) >= 11 is 0. The molecule has 1 saturated heterocycles. The van der Waals surface area contributed by atoms with Gasteiger partial charge in [-0.25, -0.2) is 8.78 Å². The van der Waals surface area contributed by atoms with Crippen LogP contribution in [0.2, 0.25) is 0 Å². The van der Waals surface area contributed by atoms with Crippen LogP contribution >= 0.6 is 0 Å². The predicted octanol–water partition coefficient (Wildman–Crippen LogP) is 1.25. The summed E-state index contributed by atoms with van der Waals surface area (Å²) in [7, 11) is 0. The summed E-state index contributed by atoms with van der Waals surface area (Å²) in [5, 5.41) is 12.4. The zero-order chi connectivity index (χ0) is 10.1. The Morgan fingerprint density at radius 1 is 1.46 bits per heavy atom. The molecule has 2 N–H and O–H groups in total. The minimum Gasteiger partial charge on any atom is -0.391 e. The molecule has 0 amide bonds. The highest BCUT2D eigenvalue weighted by Crippen LogP contribution is 2.34. The van der Waals surface area contributed by atoms with Crippen molar-refractivity contribution in [2.75, 3.05) is 13.1 Å². The lowest BCUT2D eigenvalue weighted by molar-refractivity contribution is -0.00712. The van der Waals surface area contributed by atoms with E-state index in [1.165, 1.54) is 0 Å². The number of aliphatic hydroxyl groups excluding tert-OH is 1. The van der Waals surface area contributed by atoms with Gasteiger partial charge in [0, 0.05) is 18.5 Å². The van der Waals surface area contributed by atoms with Gasteiger partial charge < -0.3 is 10.4 Å². The molecule has 0 aliphatic carbocycles. The highest BCUT2D eigenvalue weighted by Gasteiger charge is 2.36. The van der Waals surface area contributed by atoms with Crippen molar-refractivity contribution in [1.82, 2.24) is 5.32 Å². The van der Waals surface area contributed by atoms with Crippen LogP contribution in [0.5, 0.6) is 0 Å². The van der Waals surface area contributed by atoms with Crippen LogP contribution in [0, 0.1) is 11.3 Å². The molecule has 0 aromatic rings. The van der Waals surface area contributed by atoms with Gasteiger partial charge in [0.1, 0.15) is 0 Å². The molecule has 4 heteroatoms. The molecule has 0 aromatic heterocycles. The normalized spacial score (nSPS) is 30.0. The Balaban J connectivity index is 2.47. The summed E-state index contributed by atoms with van der Waals surface area (Å²) in [6.45, 7) is 4.27. The van der Waals surface area contributed by atoms with Crippen LogP contribution in [0.1, 0.15) is 20.3 Å². The SMILES string of the molecule is CC(C)(C[C@@H]1CNC[C@H]1O)C(F)F. The topological polar surface area (TPSA) is 32.3 Å². The summed E-state index contributed by atoms with van der Waals surface area (Å²) < 4.78 is 25.0. The molecular formula is C9H17F2NO. The number of halogens is 2. The second-order valence-corrected chi connectivity index (χ2v) is 4.48. The highest BCUT2D eigenvalue weighted by molar-refractivity contribution is 4.86. The fraction of sp³-hybridized carbons (Fsp3) is 1.00. The molecule has 2 atom stereocenters. The van der Waals surface area contributed by atoms with Gasteiger partial charge in [0.2, 0.25) is 6.43 Å². The van der Waals surface area contributed by atoms with E-state index in [2.05, 4.69) is 5.32 Å². The van der Waals surface area contributed by atoms with Crippen LogP contribution in [0.25, 0.3) is 0 Å². The largest absolute Gasteiger partial charge is 0.391 e. The number of aliphatic hydroxyl groups is 1. The molecule has 0 spiro atoms. The van der Waals surface area contributed by atoms with Gasteiger partial charge in [0.15, 0.2) is 0 Å². The molecule has 1 aliphatic heterocycles. The minimum atomic E-state index is -2.32. The third-order valence-corrected chi connectivity index (χ3v) is 2.68. The van der Waals surface area contributed by atoms with Crippen molar-refractivity contribution >= 4 is 0 Å². The highest BCUT2D eigenvalue weighted by atomic mass is 19.3. The van der Waals surface area contributed by atoms with Crippen molar-refractivity contribution in [1.29, 1.82) is 0 Å². The Morgan fingerprint density at radius 2 is 2.08 bits per heavy atom. The molecule has 0 bridgehead atoms. The molecular weight excluding hydrogens is 176 g/mol. The molecule has 0 radical (unpaired) electrons. The molecule has 1 heterocycles. The first-order valence-electron chi connectivity index (χ1n) is 4.60. The van der Waals surface area contributed by atoms with Crippen LogP contribution < -0.4 is 5.32 Å². The molecule has 13 heavy (non-hydrogen) atoms. The summed E-state index contributed by atoms with van der Waals surface area (Å²) in [6.07, 6.45) is -2.41. The second-order valence-electron chi connectivity index (χ2n) is 4.48. The summed E-state index contributed by atoms with van der Waals surface area (Å²) in [4.78, 5) is 0. The maximum atomic E-state index is 12.5. The predicted molar refractivity (Wildman–Crippen MR) is 46.8 cm³/mol. The Hall–Kier alpha value is -0.220. The van der Waals surface area contributed by atoms with E-state index < -0.39 is 17.9 Å². The smallest absolute Gasteiger partial charge is 0.243 e. The number of hydrogen-bond donors (Lipinski definition) is 2. The fourth-order valence-corrected chi connectivity index (χ4v) is 1.69. The van der Waals surface area contributed by atoms with Crippen LogP contribution in [0.15, 0.2) is 0 Å². The van der Waals surface area contributed by atoms with Gasteiger partial charge in [-0.1, -0.05) is 13.8 Å². The molecule has 0 saturated carbocycles. The number of hydrogen-bond acceptors (Lipinski definition) is 2. The van der Waals surface area contributed by atoms with Crippen molar-refractivity contribution in [3.8, 4) is 0 Å². The first kappa shape index (κ1) is 10.9. The Bertz CT molecular complexity index is 173. The first-order chi connectivity index (χ1) is 5.93. The summed E-state index contributed by atoms with van der Waals surface area (Å²) in [6, 6.07) is 0. The van der Waals surface area contributed by atoms with Crippen molar-refractivity contribution in [3.05, 3.63) is 0 Å². The van der Waals surface area contributed by atoms with Crippen molar-refractivity contribution < 1.29 is 13.9 Å². The van der Waals surface area contributed by atoms with E-state index in [0.29, 0.717) is 19.5 Å². The van der Waals surface area contributed by atoms with Crippen LogP contribution in [0.4, 0.5) is 8.78 Å². The van der Waals surface area contributed by atoms with Gasteiger partial charge in [-0.15, -0.1) is 0 Å². The third kappa shape index (κ3) is 2.61. The van der Waals surface area contributed by atoms with E-state index in [4.69, 9.17) is 0 Å². The molecule has 2 nitrogen and oxygen atoms in total. The number of rotatable bonds is 3. The van der Waals surface area contributed by atoms with Gasteiger partial charge >= 0.3 is 0 Å². The Morgan fingerprint density at radius 3 is 2.46 bits per heavy atom. The van der Waals surface area contributed by atoms with E-state index in [9.17, 15) is 13.9 Å². The van der Waals surface area contributed by atoms with E-state index in [-0.39, 0.29) is 5.92 Å². The number of nitrogens with one attached hydrogen (secondary N) is 1. The van der Waals surface area contributed by atoms with Crippen molar-refractivity contribution in [3.63, 3.8) is 0 Å². The Kier molecular flexibility index (Phi) is 3.24. The van der Waals surface area contributed by atoms with Crippen LogP contribution in [0.3, 0.4) is 0 Å². The van der Waals surface area contributed by atoms with E-state index in [1.807, 2.05) is 0 Å². The van der Waals surface area contributed by atoms with Gasteiger partial charge in [-0.05, 0) is 12.3 Å². The lowest BCUT2D eigenvalue weighted by Crippen LogP contribution is -2.30. The quantitative estimate of drug-likeness (QED) is 0.707. The second kappa shape index (κ2) is 3.88. The monoisotopic (exact) mass is 193 g/mol. The lowest BCUT2D eigenvalue weighted by Gasteiger charge is -2.27. The summed E-state index contributed by atoms with van der Waals surface area (Å²) in [5.41, 5.74) is -0.988. The molecule has 0 aromatic carbocycles. The van der Waals surface area contributed by atoms with Gasteiger partial charge in [-0.2, -0.15) is 0 Å². The molecule has 1 fully saturated rings. The average molecular weight is 193 g/mol. The van der Waals surface area contributed by atoms with Crippen LogP contribution in [-0.2, 0) is 0 Å². The average Bonchev–Trinajstić information content (AvgIpc) is 2.35. The van der Waals surface area contributed by atoms with Crippen LogP contribution in [-0.4, -0.2) is 30.7 Å². The third-order valence-electron chi connectivity index (χ3n) is 2.68. The molecule has 1 aliphatic rings. The first-order valence-corrected chi connectivity index (χ1v) is 4.60. The molecule has 0 unspecified atom stereocenters. The van der Waals surface area contributed by atoms with Crippen molar-refractivity contribution in [2.45, 2.75) is 32.8 Å². The summed E-state index contributed by atoms with van der Waals surface area (Å²) in [5.74, 6) is -0.0241. The van der Waals surface area contributed by atoms with E-state index in [0.717, 1.165) is 0 Å². The van der Waals surface area contributed by atoms with Gasteiger partial charge in [-0.3, -0.25) is 0 Å². The zero-order valence-electron chi connectivity index (χ0n) is 8.06. The fourth-order valence-electron chi connectivity index (χ4n) is 1.69. The lowest BCUT2D eigenvalue weighted by atomic mass is 9.82. The zero-order valence-corrected chi connectivity index (χ0v) is 8.06. The number of alkyl halides is 2. The molecule has 78 valence electrons. The van der Waals surface area contributed by atoms with Gasteiger partial charge in [0.25, 0.3) is 0 Å². The Labute approximate surface area is 77.3 Å². The standard InChI is InChI=1S/C9H17F2NO/c1-9(2,8(10)11)3-6-4-12-5-7(6)13/h6-8,12-13H,3-5H2,1-2H3/t6-,7-/m1/s1.